The largest absolute Gasteiger partial charge is 0.329 e. The Kier molecular flexibility index (Phi) is 6.42. The highest BCUT2D eigenvalue weighted by molar-refractivity contribution is 5.94. The molecule has 0 bridgehead atoms. The summed E-state index contributed by atoms with van der Waals surface area (Å²) < 4.78 is 15.3. The third-order valence-electron chi connectivity index (χ3n) is 4.98. The fourth-order valence-electron chi connectivity index (χ4n) is 3.58. The van der Waals surface area contributed by atoms with Gasteiger partial charge in [0.2, 0.25) is 0 Å². The van der Waals surface area contributed by atoms with Gasteiger partial charge in [-0.05, 0) is 50.1 Å². The first kappa shape index (κ1) is 20.7. The molecule has 1 heterocycles. The standard InChI is InChI=1S/C23H26FN3O2/c1-4-13-26(22(28)17-9-8-10-18(24)15-17)16(3)21-25-20-12-7-6-11-19(20)23(29)27(21)14-5-2/h6-12,15-16H,4-5,13-14H2,1-3H3. The predicted octanol–water partition coefficient (Wildman–Crippen LogP) is 4.56. The number of benzene rings is 2. The minimum atomic E-state index is -0.452. The van der Waals surface area contributed by atoms with Gasteiger partial charge < -0.3 is 4.90 Å². The van der Waals surface area contributed by atoms with Gasteiger partial charge in [0.25, 0.3) is 11.5 Å². The Morgan fingerprint density at radius 3 is 2.59 bits per heavy atom. The van der Waals surface area contributed by atoms with E-state index in [1.165, 1.54) is 18.2 Å². The highest BCUT2D eigenvalue weighted by Gasteiger charge is 2.26. The summed E-state index contributed by atoms with van der Waals surface area (Å²) in [6.45, 7) is 6.84. The van der Waals surface area contributed by atoms with Crippen molar-refractivity contribution in [2.24, 2.45) is 0 Å². The van der Waals surface area contributed by atoms with Gasteiger partial charge in [-0.3, -0.25) is 14.2 Å². The van der Waals surface area contributed by atoms with E-state index >= 15 is 0 Å². The van der Waals surface area contributed by atoms with Crippen LogP contribution in [0.5, 0.6) is 0 Å². The molecule has 0 fully saturated rings. The van der Waals surface area contributed by atoms with E-state index in [9.17, 15) is 14.0 Å². The van der Waals surface area contributed by atoms with Crippen molar-refractivity contribution in [3.63, 3.8) is 0 Å². The molecule has 6 heteroatoms. The van der Waals surface area contributed by atoms with Crippen molar-refractivity contribution >= 4 is 16.8 Å². The van der Waals surface area contributed by atoms with E-state index in [-0.39, 0.29) is 17.0 Å². The molecule has 0 aliphatic carbocycles. The van der Waals surface area contributed by atoms with Gasteiger partial charge in [0.15, 0.2) is 0 Å². The van der Waals surface area contributed by atoms with Crippen LogP contribution in [0.25, 0.3) is 10.9 Å². The number of nitrogens with zero attached hydrogens (tertiary/aromatic N) is 3. The average Bonchev–Trinajstić information content (AvgIpc) is 2.73. The molecule has 1 atom stereocenters. The quantitative estimate of drug-likeness (QED) is 0.589. The molecule has 0 radical (unpaired) electrons. The highest BCUT2D eigenvalue weighted by atomic mass is 19.1. The summed E-state index contributed by atoms with van der Waals surface area (Å²) in [5, 5.41) is 0.565. The summed E-state index contributed by atoms with van der Waals surface area (Å²) in [5.74, 6) is -0.176. The van der Waals surface area contributed by atoms with Crippen LogP contribution >= 0.6 is 0 Å². The van der Waals surface area contributed by atoms with Crippen LogP contribution in [0.1, 0.15) is 55.8 Å². The molecule has 1 aromatic heterocycles. The molecule has 5 nitrogen and oxygen atoms in total. The second-order valence-corrected chi connectivity index (χ2v) is 7.13. The lowest BCUT2D eigenvalue weighted by Gasteiger charge is -2.30. The smallest absolute Gasteiger partial charge is 0.261 e. The number of amides is 1. The van der Waals surface area contributed by atoms with E-state index in [0.717, 1.165) is 12.8 Å². The first-order valence-corrected chi connectivity index (χ1v) is 10.0. The van der Waals surface area contributed by atoms with Crippen molar-refractivity contribution in [3.8, 4) is 0 Å². The van der Waals surface area contributed by atoms with Crippen LogP contribution in [0.4, 0.5) is 4.39 Å². The second kappa shape index (κ2) is 8.99. The van der Waals surface area contributed by atoms with Crippen molar-refractivity contribution in [3.05, 3.63) is 76.1 Å². The molecule has 0 saturated carbocycles. The molecule has 2 aromatic carbocycles. The van der Waals surface area contributed by atoms with Crippen molar-refractivity contribution in [1.29, 1.82) is 0 Å². The zero-order valence-corrected chi connectivity index (χ0v) is 17.1. The van der Waals surface area contributed by atoms with Crippen LogP contribution in [-0.2, 0) is 6.54 Å². The fourth-order valence-corrected chi connectivity index (χ4v) is 3.58. The number of hydrogen-bond donors (Lipinski definition) is 0. The number of hydrogen-bond acceptors (Lipinski definition) is 3. The minimum absolute atomic E-state index is 0.103. The third-order valence-corrected chi connectivity index (χ3v) is 4.98. The minimum Gasteiger partial charge on any atom is -0.329 e. The maximum atomic E-state index is 13.7. The summed E-state index contributed by atoms with van der Waals surface area (Å²) in [6.07, 6.45) is 1.50. The fraction of sp³-hybridized carbons (Fsp3) is 0.348. The molecule has 0 aliphatic rings. The molecule has 1 amide bonds. The zero-order chi connectivity index (χ0) is 21.0. The molecule has 0 spiro atoms. The van der Waals surface area contributed by atoms with Crippen molar-refractivity contribution in [2.45, 2.75) is 46.2 Å². The van der Waals surface area contributed by atoms with Gasteiger partial charge >= 0.3 is 0 Å². The average molecular weight is 395 g/mol. The van der Waals surface area contributed by atoms with Gasteiger partial charge in [-0.25, -0.2) is 9.37 Å². The van der Waals surface area contributed by atoms with Crippen LogP contribution in [0.2, 0.25) is 0 Å². The first-order valence-electron chi connectivity index (χ1n) is 10.0. The number of rotatable bonds is 7. The molecule has 3 rings (SSSR count). The highest BCUT2D eigenvalue weighted by Crippen LogP contribution is 2.23. The van der Waals surface area contributed by atoms with Crippen molar-refractivity contribution < 1.29 is 9.18 Å². The predicted molar refractivity (Wildman–Crippen MR) is 112 cm³/mol. The summed E-state index contributed by atoms with van der Waals surface area (Å²) in [6, 6.07) is 12.5. The van der Waals surface area contributed by atoms with Gasteiger partial charge in [-0.15, -0.1) is 0 Å². The lowest BCUT2D eigenvalue weighted by atomic mass is 10.1. The lowest BCUT2D eigenvalue weighted by molar-refractivity contribution is 0.0678. The number of para-hydroxylation sites is 1. The van der Waals surface area contributed by atoms with Gasteiger partial charge in [-0.2, -0.15) is 0 Å². The summed E-state index contributed by atoms with van der Waals surface area (Å²) in [4.78, 5) is 32.7. The summed E-state index contributed by atoms with van der Waals surface area (Å²) in [7, 11) is 0. The van der Waals surface area contributed by atoms with Gasteiger partial charge in [0.1, 0.15) is 11.6 Å². The topological polar surface area (TPSA) is 55.2 Å². The summed E-state index contributed by atoms with van der Waals surface area (Å²) >= 11 is 0. The van der Waals surface area contributed by atoms with Gasteiger partial charge in [0.05, 0.1) is 16.9 Å². The second-order valence-electron chi connectivity index (χ2n) is 7.13. The molecule has 0 N–H and O–H groups in total. The van der Waals surface area contributed by atoms with E-state index in [4.69, 9.17) is 4.98 Å². The van der Waals surface area contributed by atoms with Crippen molar-refractivity contribution in [2.75, 3.05) is 6.54 Å². The molecule has 152 valence electrons. The third kappa shape index (κ3) is 4.21. The van der Waals surface area contributed by atoms with Crippen molar-refractivity contribution in [1.82, 2.24) is 14.5 Å². The monoisotopic (exact) mass is 395 g/mol. The Hall–Kier alpha value is -3.02. The Morgan fingerprint density at radius 1 is 1.14 bits per heavy atom. The lowest BCUT2D eigenvalue weighted by Crippen LogP contribution is -2.38. The van der Waals surface area contributed by atoms with Crippen LogP contribution in [-0.4, -0.2) is 26.9 Å². The Balaban J connectivity index is 2.11. The number of fused-ring (bicyclic) bond motifs is 1. The Bertz CT molecular complexity index is 1080. The summed E-state index contributed by atoms with van der Waals surface area (Å²) in [5.41, 5.74) is 0.797. The molecule has 1 unspecified atom stereocenters. The van der Waals surface area contributed by atoms with E-state index in [0.29, 0.717) is 29.8 Å². The van der Waals surface area contributed by atoms with E-state index < -0.39 is 11.9 Å². The Labute approximate surface area is 169 Å². The Morgan fingerprint density at radius 2 is 1.90 bits per heavy atom. The van der Waals surface area contributed by atoms with E-state index in [1.807, 2.05) is 39.0 Å². The number of carbonyl (C=O) groups excluding carboxylic acids is 1. The van der Waals surface area contributed by atoms with E-state index in [2.05, 4.69) is 0 Å². The van der Waals surface area contributed by atoms with Crippen LogP contribution in [0.3, 0.4) is 0 Å². The SMILES string of the molecule is CCCN(C(=O)c1cccc(F)c1)C(C)c1nc2ccccc2c(=O)n1CCC. The molecule has 3 aromatic rings. The molecule has 29 heavy (non-hydrogen) atoms. The molecular formula is C23H26FN3O2. The maximum Gasteiger partial charge on any atom is 0.261 e. The van der Waals surface area contributed by atoms with Crippen LogP contribution < -0.4 is 5.56 Å². The van der Waals surface area contributed by atoms with Gasteiger partial charge in [-0.1, -0.05) is 32.0 Å². The number of aromatic nitrogens is 2. The zero-order valence-electron chi connectivity index (χ0n) is 17.1. The normalized spacial score (nSPS) is 12.1. The van der Waals surface area contributed by atoms with Crippen LogP contribution in [0.15, 0.2) is 53.3 Å². The molecule has 0 saturated heterocycles. The van der Waals surface area contributed by atoms with E-state index in [1.54, 1.807) is 21.6 Å². The number of carbonyl (C=O) groups is 1. The van der Waals surface area contributed by atoms with Crippen LogP contribution in [0, 0.1) is 5.82 Å². The molecular weight excluding hydrogens is 369 g/mol. The first-order chi connectivity index (χ1) is 14.0. The number of halogens is 1. The van der Waals surface area contributed by atoms with Gasteiger partial charge in [0, 0.05) is 18.7 Å². The maximum absolute atomic E-state index is 13.7. The molecule has 0 aliphatic heterocycles.